The first-order chi connectivity index (χ1) is 17.8. The Morgan fingerprint density at radius 1 is 1.16 bits per heavy atom. The van der Waals surface area contributed by atoms with Gasteiger partial charge in [-0.05, 0) is 83.1 Å². The van der Waals surface area contributed by atoms with Gasteiger partial charge in [-0.3, -0.25) is 9.69 Å². The van der Waals surface area contributed by atoms with Crippen LogP contribution < -0.4 is 4.90 Å². The third kappa shape index (κ3) is 6.36. The Balaban J connectivity index is 1.64. The summed E-state index contributed by atoms with van der Waals surface area (Å²) in [5, 5.41) is 7.82. The van der Waals surface area contributed by atoms with Crippen LogP contribution in [0.15, 0.2) is 35.8 Å². The Labute approximate surface area is 223 Å². The lowest BCUT2D eigenvalue weighted by atomic mass is 9.82. The second-order valence-electron chi connectivity index (χ2n) is 10.0. The smallest absolute Gasteiger partial charge is 0.343 e. The molecule has 8 heteroatoms. The minimum Gasteiger partial charge on any atom is -0.462 e. The Morgan fingerprint density at radius 3 is 2.46 bits per heavy atom. The summed E-state index contributed by atoms with van der Waals surface area (Å²) < 4.78 is 6.99. The Hall–Kier alpha value is -3.26. The highest BCUT2D eigenvalue weighted by atomic mass is 32.1. The number of benzene rings is 1. The fraction of sp³-hybridized carbons (Fsp3) is 0.448. The minimum atomic E-state index is -0.474. The molecule has 0 radical (unpaired) electrons. The number of hydrogen-bond acceptors (Lipinski definition) is 6. The number of amides is 1. The average Bonchev–Trinajstić information content (AvgIpc) is 3.50. The summed E-state index contributed by atoms with van der Waals surface area (Å²) in [5.41, 5.74) is 3.06. The molecule has 0 N–H and O–H groups in total. The van der Waals surface area contributed by atoms with Crippen molar-refractivity contribution >= 4 is 41.2 Å². The quantitative estimate of drug-likeness (QED) is 0.315. The number of hydrogen-bond donors (Lipinski definition) is 0. The van der Waals surface area contributed by atoms with E-state index in [1.807, 2.05) is 62.6 Å². The highest BCUT2D eigenvalue weighted by Gasteiger charge is 2.34. The average molecular weight is 521 g/mol. The molecular weight excluding hydrogens is 484 g/mol. The lowest BCUT2D eigenvalue weighted by Gasteiger charge is -2.32. The first-order valence-electron chi connectivity index (χ1n) is 13.1. The van der Waals surface area contributed by atoms with E-state index in [0.717, 1.165) is 47.6 Å². The maximum Gasteiger partial charge on any atom is 0.343 e. The SMILES string of the molecule is CCOC(=O)c1cn(-c2ccc(/C=C/c3csc(C)n3)cc2)nc1N(C(=O)C1CCC(C)CC1)C(C)C. The second-order valence-corrected chi connectivity index (χ2v) is 11.1. The highest BCUT2D eigenvalue weighted by Crippen LogP contribution is 2.33. The summed E-state index contributed by atoms with van der Waals surface area (Å²) in [6, 6.07) is 7.73. The Kier molecular flexibility index (Phi) is 8.59. The molecule has 2 aromatic heterocycles. The summed E-state index contributed by atoms with van der Waals surface area (Å²) in [5.74, 6) is 0.522. The van der Waals surface area contributed by atoms with E-state index in [1.165, 1.54) is 0 Å². The van der Waals surface area contributed by atoms with Gasteiger partial charge in [0.05, 0.1) is 23.0 Å². The molecule has 4 rings (SSSR count). The molecule has 2 heterocycles. The van der Waals surface area contributed by atoms with Crippen molar-refractivity contribution in [2.45, 2.75) is 66.3 Å². The normalized spacial score (nSPS) is 17.9. The van der Waals surface area contributed by atoms with Crippen LogP contribution >= 0.6 is 11.3 Å². The number of ether oxygens (including phenoxy) is 1. The molecular formula is C29H36N4O3S. The Bertz CT molecular complexity index is 1250. The van der Waals surface area contributed by atoms with Gasteiger partial charge in [0.1, 0.15) is 5.56 Å². The van der Waals surface area contributed by atoms with Crippen molar-refractivity contribution in [3.8, 4) is 5.69 Å². The van der Waals surface area contributed by atoms with Gasteiger partial charge in [-0.15, -0.1) is 16.4 Å². The molecule has 1 fully saturated rings. The fourth-order valence-corrected chi connectivity index (χ4v) is 5.29. The van der Waals surface area contributed by atoms with E-state index in [1.54, 1.807) is 34.0 Å². The molecule has 37 heavy (non-hydrogen) atoms. The van der Waals surface area contributed by atoms with Crippen LogP contribution in [0.1, 0.15) is 80.0 Å². The van der Waals surface area contributed by atoms with Gasteiger partial charge in [-0.1, -0.05) is 25.1 Å². The van der Waals surface area contributed by atoms with Crippen molar-refractivity contribution in [2.75, 3.05) is 11.5 Å². The van der Waals surface area contributed by atoms with Gasteiger partial charge < -0.3 is 4.74 Å². The van der Waals surface area contributed by atoms with Gasteiger partial charge in [0, 0.05) is 23.5 Å². The zero-order valence-electron chi connectivity index (χ0n) is 22.3. The molecule has 0 aliphatic heterocycles. The number of carbonyl (C=O) groups excluding carboxylic acids is 2. The lowest BCUT2D eigenvalue weighted by molar-refractivity contribution is -0.124. The third-order valence-electron chi connectivity index (χ3n) is 6.78. The van der Waals surface area contributed by atoms with E-state index < -0.39 is 5.97 Å². The topological polar surface area (TPSA) is 77.3 Å². The maximum absolute atomic E-state index is 13.7. The van der Waals surface area contributed by atoms with Gasteiger partial charge in [0.2, 0.25) is 5.91 Å². The van der Waals surface area contributed by atoms with Crippen LogP contribution in [0.3, 0.4) is 0 Å². The van der Waals surface area contributed by atoms with E-state index in [2.05, 4.69) is 11.9 Å². The lowest BCUT2D eigenvalue weighted by Crippen LogP contribution is -2.43. The molecule has 196 valence electrons. The predicted octanol–water partition coefficient (Wildman–Crippen LogP) is 6.55. The van der Waals surface area contributed by atoms with Gasteiger partial charge in [-0.2, -0.15) is 0 Å². The molecule has 7 nitrogen and oxygen atoms in total. The molecule has 0 unspecified atom stereocenters. The first kappa shape index (κ1) is 26.8. The summed E-state index contributed by atoms with van der Waals surface area (Å²) in [6.07, 6.45) is 9.50. The van der Waals surface area contributed by atoms with Crippen molar-refractivity contribution < 1.29 is 14.3 Å². The van der Waals surface area contributed by atoms with E-state index in [9.17, 15) is 9.59 Å². The predicted molar refractivity (Wildman–Crippen MR) is 149 cm³/mol. The number of thiazole rings is 1. The van der Waals surface area contributed by atoms with Crippen molar-refractivity contribution in [3.63, 3.8) is 0 Å². The number of aryl methyl sites for hydroxylation is 1. The summed E-state index contributed by atoms with van der Waals surface area (Å²) in [6.45, 7) is 10.2. The summed E-state index contributed by atoms with van der Waals surface area (Å²) >= 11 is 1.62. The van der Waals surface area contributed by atoms with Crippen molar-refractivity contribution in [1.29, 1.82) is 0 Å². The molecule has 1 amide bonds. The van der Waals surface area contributed by atoms with E-state index >= 15 is 0 Å². The number of aromatic nitrogens is 3. The first-order valence-corrected chi connectivity index (χ1v) is 13.9. The third-order valence-corrected chi connectivity index (χ3v) is 7.57. The van der Waals surface area contributed by atoms with Crippen LogP contribution in [0.5, 0.6) is 0 Å². The molecule has 1 aliphatic rings. The number of esters is 1. The molecule has 1 aromatic carbocycles. The molecule has 0 saturated heterocycles. The van der Waals surface area contributed by atoms with Gasteiger partial charge in [0.25, 0.3) is 0 Å². The van der Waals surface area contributed by atoms with Crippen LogP contribution in [0.25, 0.3) is 17.8 Å². The summed E-state index contributed by atoms with van der Waals surface area (Å²) in [7, 11) is 0. The molecule has 3 aromatic rings. The molecule has 0 spiro atoms. The van der Waals surface area contributed by atoms with E-state index in [4.69, 9.17) is 9.84 Å². The molecule has 0 atom stereocenters. The van der Waals surface area contributed by atoms with E-state index in [-0.39, 0.29) is 24.5 Å². The van der Waals surface area contributed by atoms with Crippen molar-refractivity contribution in [1.82, 2.24) is 14.8 Å². The van der Waals surface area contributed by atoms with Crippen molar-refractivity contribution in [2.24, 2.45) is 11.8 Å². The Morgan fingerprint density at radius 2 is 1.86 bits per heavy atom. The molecule has 1 aliphatic carbocycles. The van der Waals surface area contributed by atoms with Crippen LogP contribution in [0.2, 0.25) is 0 Å². The van der Waals surface area contributed by atoms with Crippen LogP contribution in [-0.4, -0.2) is 39.3 Å². The highest BCUT2D eigenvalue weighted by molar-refractivity contribution is 7.09. The summed E-state index contributed by atoms with van der Waals surface area (Å²) in [4.78, 5) is 32.7. The van der Waals surface area contributed by atoms with Gasteiger partial charge in [-0.25, -0.2) is 14.5 Å². The maximum atomic E-state index is 13.7. The second kappa shape index (κ2) is 11.9. The zero-order chi connectivity index (χ0) is 26.5. The van der Waals surface area contributed by atoms with Crippen molar-refractivity contribution in [3.05, 3.63) is 57.7 Å². The number of carbonyl (C=O) groups is 2. The van der Waals surface area contributed by atoms with Crippen LogP contribution in [0.4, 0.5) is 5.82 Å². The zero-order valence-corrected chi connectivity index (χ0v) is 23.1. The minimum absolute atomic E-state index is 0.0375. The molecule has 0 bridgehead atoms. The van der Waals surface area contributed by atoms with Crippen LogP contribution in [-0.2, 0) is 9.53 Å². The van der Waals surface area contributed by atoms with Crippen LogP contribution in [0, 0.1) is 18.8 Å². The standard InChI is InChI=1S/C29H36N4O3S/c1-6-36-29(35)26-17-32(25-15-10-22(11-16-25)9-14-24-18-37-21(5)30-24)31-27(26)33(19(2)3)28(34)23-12-7-20(4)8-13-23/h9-11,14-20,23H,6-8,12-13H2,1-5H3/b14-9+. The number of anilines is 1. The van der Waals surface area contributed by atoms with Gasteiger partial charge >= 0.3 is 5.97 Å². The fourth-order valence-electron chi connectivity index (χ4n) is 4.71. The monoisotopic (exact) mass is 520 g/mol. The largest absolute Gasteiger partial charge is 0.462 e. The van der Waals surface area contributed by atoms with Gasteiger partial charge in [0.15, 0.2) is 5.82 Å². The number of rotatable bonds is 8. The molecule has 1 saturated carbocycles. The van der Waals surface area contributed by atoms with E-state index in [0.29, 0.717) is 17.3 Å². The number of nitrogens with zero attached hydrogens (tertiary/aromatic N) is 4.